The number of Topliss-reactive ketones (excluding diaryl/α,β-unsaturated/α-hetero) is 1. The molecule has 0 spiro atoms. The number of hydrogen-bond acceptors (Lipinski definition) is 5. The minimum absolute atomic E-state index is 0.0804. The van der Waals surface area contributed by atoms with Crippen molar-refractivity contribution in [3.05, 3.63) is 64.9 Å². The monoisotopic (exact) mass is 351 g/mol. The number of carbonyl (C=O) groups is 1. The predicted octanol–water partition coefficient (Wildman–Crippen LogP) is 3.49. The Labute approximate surface area is 152 Å². The summed E-state index contributed by atoms with van der Waals surface area (Å²) in [5, 5.41) is 0. The number of hydrogen-bond donors (Lipinski definition) is 0. The van der Waals surface area contributed by atoms with Crippen molar-refractivity contribution < 1.29 is 19.0 Å². The lowest BCUT2D eigenvalue weighted by molar-refractivity contribution is 0.0823. The van der Waals surface area contributed by atoms with Gasteiger partial charge in [0.15, 0.2) is 5.76 Å². The van der Waals surface area contributed by atoms with E-state index in [1.807, 2.05) is 36.4 Å². The van der Waals surface area contributed by atoms with Gasteiger partial charge in [-0.05, 0) is 30.2 Å². The first-order valence-corrected chi connectivity index (χ1v) is 8.75. The Hall–Kier alpha value is -2.63. The maximum atomic E-state index is 12.7. The molecule has 0 saturated heterocycles. The van der Waals surface area contributed by atoms with E-state index in [4.69, 9.17) is 14.2 Å². The van der Waals surface area contributed by atoms with Gasteiger partial charge in [-0.3, -0.25) is 9.69 Å². The lowest BCUT2D eigenvalue weighted by atomic mass is 10.0. The number of fused-ring (bicyclic) bond motifs is 3. The maximum absolute atomic E-state index is 12.7. The number of benzene rings is 2. The zero-order valence-corrected chi connectivity index (χ0v) is 14.7. The van der Waals surface area contributed by atoms with Crippen LogP contribution in [0.25, 0.3) is 6.08 Å². The van der Waals surface area contributed by atoms with Crippen molar-refractivity contribution >= 4 is 11.9 Å². The molecule has 0 amide bonds. The van der Waals surface area contributed by atoms with Gasteiger partial charge in [-0.2, -0.15) is 0 Å². The Morgan fingerprint density at radius 1 is 1.19 bits per heavy atom. The third-order valence-electron chi connectivity index (χ3n) is 4.60. The van der Waals surface area contributed by atoms with E-state index in [0.717, 1.165) is 36.4 Å². The molecular weight excluding hydrogens is 330 g/mol. The van der Waals surface area contributed by atoms with E-state index in [0.29, 0.717) is 30.3 Å². The smallest absolute Gasteiger partial charge is 0.231 e. The van der Waals surface area contributed by atoms with Gasteiger partial charge < -0.3 is 14.2 Å². The number of methoxy groups -OCH3 is 1. The van der Waals surface area contributed by atoms with Gasteiger partial charge in [0, 0.05) is 26.8 Å². The summed E-state index contributed by atoms with van der Waals surface area (Å²) < 4.78 is 16.9. The highest BCUT2D eigenvalue weighted by Crippen LogP contribution is 2.41. The van der Waals surface area contributed by atoms with Gasteiger partial charge >= 0.3 is 0 Å². The third-order valence-corrected chi connectivity index (χ3v) is 4.60. The second-order valence-electron chi connectivity index (χ2n) is 6.44. The number of allylic oxidation sites excluding steroid dienone is 1. The molecular formula is C21H21NO4. The molecule has 0 radical (unpaired) electrons. The highest BCUT2D eigenvalue weighted by atomic mass is 16.5. The Bertz CT molecular complexity index is 845. The van der Waals surface area contributed by atoms with E-state index >= 15 is 0 Å². The van der Waals surface area contributed by atoms with Gasteiger partial charge in [0.1, 0.15) is 18.2 Å². The van der Waals surface area contributed by atoms with E-state index in [1.54, 1.807) is 19.3 Å². The Morgan fingerprint density at radius 3 is 2.85 bits per heavy atom. The van der Waals surface area contributed by atoms with E-state index in [2.05, 4.69) is 4.90 Å². The Morgan fingerprint density at radius 2 is 2.04 bits per heavy atom. The summed E-state index contributed by atoms with van der Waals surface area (Å²) in [4.78, 5) is 14.9. The Kier molecular flexibility index (Phi) is 4.73. The average molecular weight is 351 g/mol. The minimum atomic E-state index is -0.0804. The first-order valence-electron chi connectivity index (χ1n) is 8.75. The van der Waals surface area contributed by atoms with Crippen LogP contribution in [0.5, 0.6) is 11.5 Å². The Balaban J connectivity index is 1.59. The highest BCUT2D eigenvalue weighted by Gasteiger charge is 2.33. The molecule has 0 unspecified atom stereocenters. The van der Waals surface area contributed by atoms with Crippen LogP contribution in [0.4, 0.5) is 0 Å². The number of carbonyl (C=O) groups excluding carboxylic acids is 1. The second-order valence-corrected chi connectivity index (χ2v) is 6.44. The van der Waals surface area contributed by atoms with Crippen LogP contribution in [0.3, 0.4) is 0 Å². The molecule has 2 aromatic rings. The summed E-state index contributed by atoms with van der Waals surface area (Å²) in [6.07, 6.45) is 2.72. The van der Waals surface area contributed by atoms with Gasteiger partial charge in [-0.25, -0.2) is 0 Å². The summed E-state index contributed by atoms with van der Waals surface area (Å²) in [7, 11) is 1.70. The molecule has 5 nitrogen and oxygen atoms in total. The van der Waals surface area contributed by atoms with Crippen LogP contribution in [0.2, 0.25) is 0 Å². The molecule has 0 aliphatic carbocycles. The number of ketones is 1. The summed E-state index contributed by atoms with van der Waals surface area (Å²) >= 11 is 0. The zero-order valence-electron chi connectivity index (χ0n) is 14.7. The van der Waals surface area contributed by atoms with E-state index in [1.165, 1.54) is 0 Å². The molecule has 0 aromatic heterocycles. The average Bonchev–Trinajstić information content (AvgIpc) is 2.99. The SMILES string of the molecule is COCCCN1COc2ccc3c(c2C1)O/C(=C\c1ccccc1)C3=O. The van der Waals surface area contributed by atoms with Gasteiger partial charge in [-0.15, -0.1) is 0 Å². The van der Waals surface area contributed by atoms with Gasteiger partial charge in [-0.1, -0.05) is 30.3 Å². The second kappa shape index (κ2) is 7.32. The third kappa shape index (κ3) is 3.23. The van der Waals surface area contributed by atoms with Crippen molar-refractivity contribution in [2.45, 2.75) is 13.0 Å². The van der Waals surface area contributed by atoms with Crippen LogP contribution >= 0.6 is 0 Å². The zero-order chi connectivity index (χ0) is 17.9. The van der Waals surface area contributed by atoms with Crippen molar-refractivity contribution in [2.24, 2.45) is 0 Å². The lowest BCUT2D eigenvalue weighted by Crippen LogP contribution is -2.33. The quantitative estimate of drug-likeness (QED) is 0.610. The lowest BCUT2D eigenvalue weighted by Gasteiger charge is -2.29. The molecule has 4 rings (SSSR count). The van der Waals surface area contributed by atoms with E-state index in [9.17, 15) is 4.79 Å². The maximum Gasteiger partial charge on any atom is 0.231 e. The van der Waals surface area contributed by atoms with Crippen LogP contribution < -0.4 is 9.47 Å². The number of nitrogens with zero attached hydrogens (tertiary/aromatic N) is 1. The van der Waals surface area contributed by atoms with Crippen LogP contribution in [0.15, 0.2) is 48.2 Å². The first kappa shape index (κ1) is 16.8. The molecule has 2 heterocycles. The molecule has 0 fully saturated rings. The first-order chi connectivity index (χ1) is 12.8. The normalized spacial score (nSPS) is 17.6. The largest absolute Gasteiger partial charge is 0.478 e. The van der Waals surface area contributed by atoms with Crippen molar-refractivity contribution in [2.75, 3.05) is 27.0 Å². The summed E-state index contributed by atoms with van der Waals surface area (Å²) in [6, 6.07) is 13.4. The van der Waals surface area contributed by atoms with Crippen molar-refractivity contribution in [1.82, 2.24) is 4.90 Å². The molecule has 0 saturated carbocycles. The summed E-state index contributed by atoms with van der Waals surface area (Å²) in [6.45, 7) is 2.83. The molecule has 26 heavy (non-hydrogen) atoms. The van der Waals surface area contributed by atoms with Crippen LogP contribution in [0.1, 0.15) is 27.9 Å². The van der Waals surface area contributed by atoms with Gasteiger partial charge in [0.05, 0.1) is 11.1 Å². The predicted molar refractivity (Wildman–Crippen MR) is 98.2 cm³/mol. The highest BCUT2D eigenvalue weighted by molar-refractivity contribution is 6.15. The number of ether oxygens (including phenoxy) is 3. The molecule has 2 aliphatic rings. The van der Waals surface area contributed by atoms with E-state index in [-0.39, 0.29) is 5.78 Å². The fourth-order valence-electron chi connectivity index (χ4n) is 3.28. The molecule has 2 aliphatic heterocycles. The van der Waals surface area contributed by atoms with Crippen LogP contribution in [-0.4, -0.2) is 37.7 Å². The standard InChI is InChI=1S/C21H21NO4/c1-24-11-5-10-22-13-17-18(25-14-22)9-8-16-20(23)19(26-21(16)17)12-15-6-3-2-4-7-15/h2-4,6-9,12H,5,10-11,13-14H2,1H3/b19-12-. The molecule has 0 N–H and O–H groups in total. The fraction of sp³-hybridized carbons (Fsp3) is 0.286. The van der Waals surface area contributed by atoms with Gasteiger partial charge in [0.2, 0.25) is 5.78 Å². The topological polar surface area (TPSA) is 48.0 Å². The van der Waals surface area contributed by atoms with Crippen LogP contribution in [-0.2, 0) is 11.3 Å². The molecule has 0 bridgehead atoms. The molecule has 134 valence electrons. The van der Waals surface area contributed by atoms with Gasteiger partial charge in [0.25, 0.3) is 0 Å². The van der Waals surface area contributed by atoms with Crippen LogP contribution in [0, 0.1) is 0 Å². The molecule has 2 aromatic carbocycles. The van der Waals surface area contributed by atoms with Crippen molar-refractivity contribution in [1.29, 1.82) is 0 Å². The molecule has 0 atom stereocenters. The molecule has 5 heteroatoms. The minimum Gasteiger partial charge on any atom is -0.478 e. The summed E-state index contributed by atoms with van der Waals surface area (Å²) in [5.74, 6) is 1.70. The van der Waals surface area contributed by atoms with Crippen molar-refractivity contribution in [3.8, 4) is 11.5 Å². The van der Waals surface area contributed by atoms with E-state index < -0.39 is 0 Å². The number of rotatable bonds is 5. The van der Waals surface area contributed by atoms with Crippen molar-refractivity contribution in [3.63, 3.8) is 0 Å². The fourth-order valence-corrected chi connectivity index (χ4v) is 3.28. The summed E-state index contributed by atoms with van der Waals surface area (Å²) in [5.41, 5.74) is 2.49.